The number of nitro groups is 1. The smallest absolute Gasteiger partial charge is 0.312 e. The largest absolute Gasteiger partial charge is 0.490 e. The zero-order valence-electron chi connectivity index (χ0n) is 14.6. The van der Waals surface area contributed by atoms with Crippen molar-refractivity contribution in [2.45, 2.75) is 15.6 Å². The van der Waals surface area contributed by atoms with E-state index < -0.39 is 30.7 Å². The van der Waals surface area contributed by atoms with Crippen molar-refractivity contribution in [1.82, 2.24) is 9.03 Å². The summed E-state index contributed by atoms with van der Waals surface area (Å²) in [6, 6.07) is 6.17. The number of hydrogen-bond donors (Lipinski definition) is 1. The van der Waals surface area contributed by atoms with Crippen LogP contribution in [0.25, 0.3) is 0 Å². The molecule has 2 aromatic rings. The Hall–Kier alpha value is -2.06. The number of ether oxygens (including phenoxy) is 1. The van der Waals surface area contributed by atoms with Crippen LogP contribution in [0.4, 0.5) is 5.69 Å². The third-order valence-corrected chi connectivity index (χ3v) is 8.23. The Balaban J connectivity index is 2.22. The van der Waals surface area contributed by atoms with Crippen LogP contribution >= 0.6 is 11.3 Å². The summed E-state index contributed by atoms with van der Waals surface area (Å²) < 4.78 is 57.2. The minimum absolute atomic E-state index is 0.0595. The average Bonchev–Trinajstić information content (AvgIpc) is 3.09. The number of nitro benzene ring substituents is 1. The number of nitrogens with zero attached hydrogens (tertiary/aromatic N) is 2. The van der Waals surface area contributed by atoms with Gasteiger partial charge in [-0.3, -0.25) is 10.1 Å². The van der Waals surface area contributed by atoms with Crippen molar-refractivity contribution in [3.05, 3.63) is 45.3 Å². The van der Waals surface area contributed by atoms with Crippen molar-refractivity contribution in [3.63, 3.8) is 0 Å². The number of rotatable bonds is 8. The van der Waals surface area contributed by atoms with Crippen LogP contribution < -0.4 is 9.46 Å². The van der Waals surface area contributed by atoms with E-state index in [0.717, 1.165) is 21.7 Å². The zero-order chi connectivity index (χ0) is 20.4. The summed E-state index contributed by atoms with van der Waals surface area (Å²) in [6.45, 7) is -0.157. The Kier molecular flexibility index (Phi) is 6.21. The molecule has 13 heteroatoms. The molecule has 0 radical (unpaired) electrons. The van der Waals surface area contributed by atoms with Gasteiger partial charge in [0.2, 0.25) is 10.0 Å². The third-order valence-electron chi connectivity index (χ3n) is 3.47. The van der Waals surface area contributed by atoms with Gasteiger partial charge in [0.1, 0.15) is 4.21 Å². The molecular formula is C14H17N3O7S3. The van der Waals surface area contributed by atoms with E-state index in [4.69, 9.17) is 4.74 Å². The number of thiophene rings is 1. The molecule has 0 aliphatic carbocycles. The first kappa shape index (κ1) is 21.2. The standard InChI is InChI=1S/C14H17N3O7S3/c1-16(2)27(22,23)14-7-4-10(25-14)9-15-26(20,21)11-5-6-13(24-3)12(8-11)17(18)19/h4-8,15H,9H2,1-3H3. The van der Waals surface area contributed by atoms with Gasteiger partial charge in [0.25, 0.3) is 10.0 Å². The zero-order valence-corrected chi connectivity index (χ0v) is 17.0. The van der Waals surface area contributed by atoms with Crippen molar-refractivity contribution < 1.29 is 26.5 Å². The molecule has 0 saturated heterocycles. The predicted octanol–water partition coefficient (Wildman–Crippen LogP) is 1.39. The normalized spacial score (nSPS) is 12.3. The topological polar surface area (TPSA) is 136 Å². The van der Waals surface area contributed by atoms with Crippen LogP contribution in [-0.4, -0.2) is 47.3 Å². The van der Waals surface area contributed by atoms with Crippen LogP contribution in [0.2, 0.25) is 0 Å². The number of benzene rings is 1. The van der Waals surface area contributed by atoms with E-state index in [1.807, 2.05) is 0 Å². The van der Waals surface area contributed by atoms with Gasteiger partial charge in [0, 0.05) is 31.6 Å². The summed E-state index contributed by atoms with van der Waals surface area (Å²) in [7, 11) is -3.61. The van der Waals surface area contributed by atoms with Crippen LogP contribution in [0.3, 0.4) is 0 Å². The maximum atomic E-state index is 12.4. The first-order valence-electron chi connectivity index (χ1n) is 7.32. The molecule has 1 aromatic carbocycles. The van der Waals surface area contributed by atoms with Gasteiger partial charge in [0.15, 0.2) is 5.75 Å². The molecule has 148 valence electrons. The Morgan fingerprint density at radius 1 is 1.19 bits per heavy atom. The van der Waals surface area contributed by atoms with E-state index in [9.17, 15) is 26.9 Å². The maximum absolute atomic E-state index is 12.4. The first-order chi connectivity index (χ1) is 12.5. The molecule has 0 amide bonds. The Morgan fingerprint density at radius 3 is 2.41 bits per heavy atom. The molecule has 0 unspecified atom stereocenters. The molecule has 1 N–H and O–H groups in total. The molecule has 0 atom stereocenters. The van der Waals surface area contributed by atoms with Crippen LogP contribution in [0.1, 0.15) is 4.88 Å². The predicted molar refractivity (Wildman–Crippen MR) is 98.9 cm³/mol. The lowest BCUT2D eigenvalue weighted by Crippen LogP contribution is -2.23. The molecule has 2 rings (SSSR count). The van der Waals surface area contributed by atoms with Crippen LogP contribution in [-0.2, 0) is 26.6 Å². The molecule has 0 saturated carbocycles. The molecule has 0 fully saturated rings. The van der Waals surface area contributed by atoms with Crippen LogP contribution in [0.5, 0.6) is 5.75 Å². The Labute approximate surface area is 160 Å². The molecular weight excluding hydrogens is 418 g/mol. The summed E-state index contributed by atoms with van der Waals surface area (Å²) in [5, 5.41) is 11.0. The minimum Gasteiger partial charge on any atom is -0.490 e. The highest BCUT2D eigenvalue weighted by Crippen LogP contribution is 2.29. The number of nitrogens with one attached hydrogen (secondary N) is 1. The number of hydrogen-bond acceptors (Lipinski definition) is 8. The van der Waals surface area contributed by atoms with E-state index in [2.05, 4.69) is 4.72 Å². The Bertz CT molecular complexity index is 1060. The van der Waals surface area contributed by atoms with E-state index in [1.54, 1.807) is 0 Å². The van der Waals surface area contributed by atoms with E-state index in [0.29, 0.717) is 4.88 Å². The number of sulfonamides is 2. The lowest BCUT2D eigenvalue weighted by Gasteiger charge is -2.09. The van der Waals surface area contributed by atoms with Gasteiger partial charge in [-0.2, -0.15) is 0 Å². The average molecular weight is 436 g/mol. The van der Waals surface area contributed by atoms with Gasteiger partial charge in [0.05, 0.1) is 16.9 Å². The fourth-order valence-corrected chi connectivity index (χ4v) is 5.58. The second-order valence-corrected chi connectivity index (χ2v) is 10.7. The molecule has 0 spiro atoms. The minimum atomic E-state index is -4.05. The monoisotopic (exact) mass is 435 g/mol. The van der Waals surface area contributed by atoms with E-state index in [-0.39, 0.29) is 21.4 Å². The van der Waals surface area contributed by atoms with Crippen molar-refractivity contribution in [2.24, 2.45) is 0 Å². The molecule has 0 aliphatic heterocycles. The van der Waals surface area contributed by atoms with Gasteiger partial charge in [-0.05, 0) is 24.3 Å². The van der Waals surface area contributed by atoms with Crippen molar-refractivity contribution in [3.8, 4) is 5.75 Å². The molecule has 0 bridgehead atoms. The fraction of sp³-hybridized carbons (Fsp3) is 0.286. The summed E-state index contributed by atoms with van der Waals surface area (Å²) in [5.74, 6) is -0.0595. The summed E-state index contributed by atoms with van der Waals surface area (Å²) in [6.07, 6.45) is 0. The van der Waals surface area contributed by atoms with Crippen LogP contribution in [0, 0.1) is 10.1 Å². The fourth-order valence-electron chi connectivity index (χ4n) is 2.00. The summed E-state index contributed by atoms with van der Waals surface area (Å²) in [4.78, 5) is 10.5. The highest BCUT2D eigenvalue weighted by Gasteiger charge is 2.23. The lowest BCUT2D eigenvalue weighted by atomic mass is 10.3. The molecule has 1 heterocycles. The molecule has 27 heavy (non-hydrogen) atoms. The third kappa shape index (κ3) is 4.62. The maximum Gasteiger partial charge on any atom is 0.312 e. The second kappa shape index (κ2) is 7.90. The quantitative estimate of drug-likeness (QED) is 0.489. The lowest BCUT2D eigenvalue weighted by molar-refractivity contribution is -0.386. The Morgan fingerprint density at radius 2 is 1.85 bits per heavy atom. The van der Waals surface area contributed by atoms with Gasteiger partial charge in [-0.25, -0.2) is 25.9 Å². The number of methoxy groups -OCH3 is 1. The van der Waals surface area contributed by atoms with Crippen LogP contribution in [0.15, 0.2) is 39.4 Å². The van der Waals surface area contributed by atoms with E-state index >= 15 is 0 Å². The van der Waals surface area contributed by atoms with Crippen molar-refractivity contribution in [2.75, 3.05) is 21.2 Å². The van der Waals surface area contributed by atoms with Gasteiger partial charge < -0.3 is 4.74 Å². The van der Waals surface area contributed by atoms with Gasteiger partial charge in [-0.15, -0.1) is 11.3 Å². The highest BCUT2D eigenvalue weighted by atomic mass is 32.2. The molecule has 0 aliphatic rings. The molecule has 1 aromatic heterocycles. The second-order valence-electron chi connectivity index (χ2n) is 5.42. The van der Waals surface area contributed by atoms with Gasteiger partial charge in [-0.1, -0.05) is 0 Å². The molecule has 10 nitrogen and oxygen atoms in total. The van der Waals surface area contributed by atoms with Crippen molar-refractivity contribution >= 4 is 37.1 Å². The van der Waals surface area contributed by atoms with E-state index in [1.165, 1.54) is 45.5 Å². The summed E-state index contributed by atoms with van der Waals surface area (Å²) in [5.41, 5.74) is -0.476. The van der Waals surface area contributed by atoms with Crippen molar-refractivity contribution in [1.29, 1.82) is 0 Å². The summed E-state index contributed by atoms with van der Waals surface area (Å²) >= 11 is 0.933. The first-order valence-corrected chi connectivity index (χ1v) is 11.1. The SMILES string of the molecule is COc1ccc(S(=O)(=O)NCc2ccc(S(=O)(=O)N(C)C)s2)cc1[N+](=O)[O-]. The highest BCUT2D eigenvalue weighted by molar-refractivity contribution is 7.91. The van der Waals surface area contributed by atoms with Gasteiger partial charge >= 0.3 is 5.69 Å².